The predicted molar refractivity (Wildman–Crippen MR) is 142 cm³/mol. The van der Waals surface area contributed by atoms with Gasteiger partial charge in [0.15, 0.2) is 16.6 Å². The lowest BCUT2D eigenvalue weighted by atomic mass is 9.96. The van der Waals surface area contributed by atoms with Crippen molar-refractivity contribution in [1.29, 1.82) is 0 Å². The summed E-state index contributed by atoms with van der Waals surface area (Å²) in [7, 11) is 1.67. The Labute approximate surface area is 215 Å². The molecule has 0 radical (unpaired) electrons. The molecule has 1 N–H and O–H groups in total. The number of thiocarbonyl (C=S) groups is 1. The van der Waals surface area contributed by atoms with E-state index in [0.29, 0.717) is 5.11 Å². The fourth-order valence-corrected chi connectivity index (χ4v) is 5.55. The van der Waals surface area contributed by atoms with Gasteiger partial charge in [-0.15, -0.1) is 0 Å². The molecule has 7 nitrogen and oxygen atoms in total. The Morgan fingerprint density at radius 3 is 2.50 bits per heavy atom. The molecule has 0 aliphatic carbocycles. The Morgan fingerprint density at radius 1 is 0.972 bits per heavy atom. The van der Waals surface area contributed by atoms with Crippen LogP contribution in [0.3, 0.4) is 0 Å². The highest BCUT2D eigenvalue weighted by atomic mass is 32.1. The molecule has 0 amide bonds. The van der Waals surface area contributed by atoms with Crippen LogP contribution in [0, 0.1) is 13.8 Å². The average molecular weight is 499 g/mol. The van der Waals surface area contributed by atoms with Crippen LogP contribution in [0.4, 0.5) is 5.69 Å². The zero-order chi connectivity index (χ0) is 24.8. The minimum Gasteiger partial charge on any atom is -0.497 e. The Balaban J connectivity index is 1.48. The second kappa shape index (κ2) is 8.87. The maximum absolute atomic E-state index is 5.89. The normalized spacial score (nSPS) is 18.4. The smallest absolute Gasteiger partial charge is 0.231 e. The molecule has 0 saturated carbocycles. The zero-order valence-corrected chi connectivity index (χ0v) is 21.1. The molecule has 0 spiro atoms. The van der Waals surface area contributed by atoms with Crippen molar-refractivity contribution in [2.75, 3.05) is 18.8 Å². The van der Waals surface area contributed by atoms with E-state index < -0.39 is 0 Å². The summed E-state index contributed by atoms with van der Waals surface area (Å²) in [6.07, 6.45) is 1.82. The molecule has 1 fully saturated rings. The van der Waals surface area contributed by atoms with E-state index in [9.17, 15) is 0 Å². The van der Waals surface area contributed by atoms with Crippen LogP contribution in [0.5, 0.6) is 17.2 Å². The summed E-state index contributed by atoms with van der Waals surface area (Å²) < 4.78 is 18.8. The average Bonchev–Trinajstić information content (AvgIpc) is 3.59. The molecule has 2 unspecified atom stereocenters. The third kappa shape index (κ3) is 3.65. The number of ether oxygens (including phenoxy) is 3. The van der Waals surface area contributed by atoms with E-state index in [1.54, 1.807) is 7.11 Å². The number of nitrogens with one attached hydrogen (secondary N) is 1. The standard InChI is InChI=1S/C28H26N4O3S/c1-17-14-22(18(2)31(17)20-9-12-24-25(15-20)35-16-34-24)27-26(23-6-4-5-13-29-23)30-28(36)32(27)19-7-10-21(33-3)11-8-19/h4-15,26-27H,16H2,1-3H3,(H,30,36). The van der Waals surface area contributed by atoms with E-state index in [4.69, 9.17) is 26.4 Å². The van der Waals surface area contributed by atoms with Crippen LogP contribution in [0.2, 0.25) is 0 Å². The predicted octanol–water partition coefficient (Wildman–Crippen LogP) is 5.40. The van der Waals surface area contributed by atoms with Crippen molar-refractivity contribution in [3.05, 3.63) is 95.6 Å². The van der Waals surface area contributed by atoms with Gasteiger partial charge in [-0.05, 0) is 86.2 Å². The molecule has 2 aromatic carbocycles. The van der Waals surface area contributed by atoms with Gasteiger partial charge in [-0.3, -0.25) is 4.98 Å². The molecule has 2 aromatic heterocycles. The number of rotatable bonds is 5. The summed E-state index contributed by atoms with van der Waals surface area (Å²) in [4.78, 5) is 6.86. The largest absolute Gasteiger partial charge is 0.497 e. The van der Waals surface area contributed by atoms with Crippen molar-refractivity contribution in [1.82, 2.24) is 14.9 Å². The molecular formula is C28H26N4O3S. The van der Waals surface area contributed by atoms with Crippen molar-refractivity contribution in [3.63, 3.8) is 0 Å². The van der Waals surface area contributed by atoms with Gasteiger partial charge in [-0.2, -0.15) is 0 Å². The van der Waals surface area contributed by atoms with Crippen LogP contribution in [0.15, 0.2) is 72.9 Å². The van der Waals surface area contributed by atoms with Crippen molar-refractivity contribution in [3.8, 4) is 22.9 Å². The van der Waals surface area contributed by atoms with Gasteiger partial charge in [0, 0.05) is 35.0 Å². The number of anilines is 1. The van der Waals surface area contributed by atoms with E-state index in [0.717, 1.165) is 45.7 Å². The molecule has 182 valence electrons. The first-order valence-corrected chi connectivity index (χ1v) is 12.2. The lowest BCUT2D eigenvalue weighted by Crippen LogP contribution is -2.29. The lowest BCUT2D eigenvalue weighted by molar-refractivity contribution is 0.174. The molecule has 6 rings (SSSR count). The van der Waals surface area contributed by atoms with E-state index in [1.165, 1.54) is 5.56 Å². The second-order valence-electron chi connectivity index (χ2n) is 8.89. The molecule has 4 aromatic rings. The summed E-state index contributed by atoms with van der Waals surface area (Å²) in [5.74, 6) is 2.33. The Bertz CT molecular complexity index is 1440. The van der Waals surface area contributed by atoms with Crippen LogP contribution in [-0.2, 0) is 0 Å². The minimum atomic E-state index is -0.119. The molecule has 1 saturated heterocycles. The van der Waals surface area contributed by atoms with Gasteiger partial charge in [-0.1, -0.05) is 6.07 Å². The third-order valence-corrected chi connectivity index (χ3v) is 7.17. The van der Waals surface area contributed by atoms with E-state index in [-0.39, 0.29) is 18.9 Å². The Hall–Kier alpha value is -4.04. The number of fused-ring (bicyclic) bond motifs is 1. The molecule has 36 heavy (non-hydrogen) atoms. The van der Waals surface area contributed by atoms with Gasteiger partial charge in [0.05, 0.1) is 24.9 Å². The summed E-state index contributed by atoms with van der Waals surface area (Å²) in [5, 5.41) is 4.20. The van der Waals surface area contributed by atoms with Crippen molar-refractivity contribution in [2.45, 2.75) is 25.9 Å². The molecule has 2 atom stereocenters. The number of nitrogens with zero attached hydrogens (tertiary/aromatic N) is 3. The van der Waals surface area contributed by atoms with Gasteiger partial charge in [0.2, 0.25) is 6.79 Å². The number of pyridine rings is 1. The van der Waals surface area contributed by atoms with Crippen LogP contribution in [0.1, 0.15) is 34.7 Å². The minimum absolute atomic E-state index is 0.102. The van der Waals surface area contributed by atoms with Gasteiger partial charge >= 0.3 is 0 Å². The number of methoxy groups -OCH3 is 1. The number of hydrogen-bond acceptors (Lipinski definition) is 5. The number of aromatic nitrogens is 2. The van der Waals surface area contributed by atoms with Crippen molar-refractivity contribution < 1.29 is 14.2 Å². The zero-order valence-electron chi connectivity index (χ0n) is 20.3. The lowest BCUT2D eigenvalue weighted by Gasteiger charge is -2.28. The van der Waals surface area contributed by atoms with Crippen LogP contribution >= 0.6 is 12.2 Å². The van der Waals surface area contributed by atoms with E-state index in [1.807, 2.05) is 60.8 Å². The van der Waals surface area contributed by atoms with Crippen molar-refractivity contribution >= 4 is 23.0 Å². The quantitative estimate of drug-likeness (QED) is 0.370. The Morgan fingerprint density at radius 2 is 1.75 bits per heavy atom. The molecule has 0 bridgehead atoms. The highest BCUT2D eigenvalue weighted by Gasteiger charge is 2.42. The summed E-state index contributed by atoms with van der Waals surface area (Å²) >= 11 is 5.89. The van der Waals surface area contributed by atoms with Gasteiger partial charge in [0.25, 0.3) is 0 Å². The molecule has 4 heterocycles. The van der Waals surface area contributed by atoms with Crippen LogP contribution in [-0.4, -0.2) is 28.6 Å². The van der Waals surface area contributed by atoms with Gasteiger partial charge < -0.3 is 29.0 Å². The van der Waals surface area contributed by atoms with Gasteiger partial charge in [-0.25, -0.2) is 0 Å². The van der Waals surface area contributed by atoms with E-state index in [2.05, 4.69) is 45.7 Å². The molecule has 2 aliphatic heterocycles. The van der Waals surface area contributed by atoms with Crippen LogP contribution in [0.25, 0.3) is 5.69 Å². The first kappa shape index (κ1) is 22.4. The SMILES string of the molecule is COc1ccc(N2C(=S)NC(c3ccccn3)C2c2cc(C)n(-c3ccc4c(c3)OCO4)c2C)cc1. The topological polar surface area (TPSA) is 60.8 Å². The molecule has 2 aliphatic rings. The first-order valence-electron chi connectivity index (χ1n) is 11.8. The molecular weight excluding hydrogens is 472 g/mol. The van der Waals surface area contributed by atoms with E-state index >= 15 is 0 Å². The summed E-state index contributed by atoms with van der Waals surface area (Å²) in [5.41, 5.74) is 6.37. The maximum atomic E-state index is 5.89. The maximum Gasteiger partial charge on any atom is 0.231 e. The fourth-order valence-electron chi connectivity index (χ4n) is 5.20. The monoisotopic (exact) mass is 498 g/mol. The van der Waals surface area contributed by atoms with Gasteiger partial charge in [0.1, 0.15) is 5.75 Å². The number of hydrogen-bond donors (Lipinski definition) is 1. The Kier molecular flexibility index (Phi) is 5.53. The summed E-state index contributed by atoms with van der Waals surface area (Å²) in [6.45, 7) is 4.52. The molecule has 8 heteroatoms. The number of benzene rings is 2. The number of aryl methyl sites for hydroxylation is 1. The van der Waals surface area contributed by atoms with Crippen LogP contribution < -0.4 is 24.4 Å². The fraction of sp³-hybridized carbons (Fsp3) is 0.214. The summed E-state index contributed by atoms with van der Waals surface area (Å²) in [6, 6.07) is 22.0. The second-order valence-corrected chi connectivity index (χ2v) is 9.28. The third-order valence-electron chi connectivity index (χ3n) is 6.85. The highest BCUT2D eigenvalue weighted by Crippen LogP contribution is 2.44. The highest BCUT2D eigenvalue weighted by molar-refractivity contribution is 7.80. The van der Waals surface area contributed by atoms with Crippen molar-refractivity contribution in [2.24, 2.45) is 0 Å². The first-order chi connectivity index (χ1) is 17.5.